The van der Waals surface area contributed by atoms with Gasteiger partial charge in [-0.15, -0.1) is 11.3 Å². The number of nitrogens with zero attached hydrogens (tertiary/aromatic N) is 2. The van der Waals surface area contributed by atoms with Crippen LogP contribution >= 0.6 is 11.3 Å². The van der Waals surface area contributed by atoms with E-state index in [-0.39, 0.29) is 31.2 Å². The molecule has 3 rings (SSSR count). The van der Waals surface area contributed by atoms with Crippen LogP contribution in [-0.2, 0) is 29.1 Å². The van der Waals surface area contributed by atoms with Gasteiger partial charge >= 0.3 is 5.97 Å². The number of aromatic nitrogens is 2. The van der Waals surface area contributed by atoms with E-state index in [1.54, 1.807) is 26.2 Å². The van der Waals surface area contributed by atoms with E-state index >= 15 is 0 Å². The summed E-state index contributed by atoms with van der Waals surface area (Å²) < 4.78 is 35.3. The van der Waals surface area contributed by atoms with Crippen LogP contribution in [0.15, 0.2) is 54.2 Å². The quantitative estimate of drug-likeness (QED) is 0.247. The molecule has 1 atom stereocenters. The van der Waals surface area contributed by atoms with Gasteiger partial charge in [-0.05, 0) is 33.3 Å². The van der Waals surface area contributed by atoms with Gasteiger partial charge in [0.2, 0.25) is 10.0 Å². The molecule has 3 aromatic rings. The van der Waals surface area contributed by atoms with Crippen molar-refractivity contribution in [2.45, 2.75) is 45.3 Å². The molecule has 2 amide bonds. The van der Waals surface area contributed by atoms with E-state index in [4.69, 9.17) is 9.47 Å². The zero-order valence-corrected chi connectivity index (χ0v) is 23.8. The van der Waals surface area contributed by atoms with Crippen LogP contribution in [0.3, 0.4) is 0 Å². The SMILES string of the molecule is CC(C)(C)OC(=O)CCCOC[C@H](NC(=O)c1ccn(S(C)(=O)=O)c1)C(=O)Nc1nc(-c2ccccc2)cs1. The largest absolute Gasteiger partial charge is 0.460 e. The third-order valence-electron chi connectivity index (χ3n) is 5.11. The number of carbonyl (C=O) groups is 3. The molecule has 0 fully saturated rings. The number of hydrogen-bond donors (Lipinski definition) is 2. The Morgan fingerprint density at radius 2 is 1.85 bits per heavy atom. The average Bonchev–Trinajstić information content (AvgIpc) is 3.53. The van der Waals surface area contributed by atoms with Crippen LogP contribution in [0.4, 0.5) is 5.13 Å². The molecule has 0 radical (unpaired) electrons. The molecule has 0 aliphatic heterocycles. The Balaban J connectivity index is 1.64. The normalized spacial score (nSPS) is 12.5. The summed E-state index contributed by atoms with van der Waals surface area (Å²) in [5.74, 6) is -1.58. The van der Waals surface area contributed by atoms with Gasteiger partial charge in [-0.1, -0.05) is 30.3 Å². The maximum Gasteiger partial charge on any atom is 0.306 e. The number of hydrogen-bond acceptors (Lipinski definition) is 9. The van der Waals surface area contributed by atoms with Crippen molar-refractivity contribution in [2.75, 3.05) is 24.8 Å². The maximum atomic E-state index is 13.1. The highest BCUT2D eigenvalue weighted by atomic mass is 32.2. The van der Waals surface area contributed by atoms with Gasteiger partial charge in [0.05, 0.1) is 24.1 Å². The van der Waals surface area contributed by atoms with Crippen molar-refractivity contribution in [3.63, 3.8) is 0 Å². The predicted octanol–water partition coefficient (Wildman–Crippen LogP) is 3.29. The highest BCUT2D eigenvalue weighted by Gasteiger charge is 2.24. The summed E-state index contributed by atoms with van der Waals surface area (Å²) in [5.41, 5.74) is 1.06. The number of thiazole rings is 1. The standard InChI is InChI=1S/C26H32N4O7S2/c1-26(2,3)37-22(31)11-8-14-36-16-20(27-23(32)19-12-13-30(15-19)39(4,34)35)24(33)29-25-28-21(17-38-25)18-9-6-5-7-10-18/h5-7,9-10,12-13,15,17,20H,8,11,14,16H2,1-4H3,(H,27,32)(H,28,29,33)/t20-/m0/s1. The van der Waals surface area contributed by atoms with Gasteiger partial charge < -0.3 is 20.1 Å². The van der Waals surface area contributed by atoms with E-state index in [2.05, 4.69) is 15.6 Å². The molecule has 13 heteroatoms. The lowest BCUT2D eigenvalue weighted by Gasteiger charge is -2.20. The summed E-state index contributed by atoms with van der Waals surface area (Å²) in [6.07, 6.45) is 3.91. The fourth-order valence-corrected chi connectivity index (χ4v) is 4.63. The molecule has 2 aromatic heterocycles. The van der Waals surface area contributed by atoms with Crippen LogP contribution in [0.1, 0.15) is 44.0 Å². The Bertz CT molecular complexity index is 1390. The van der Waals surface area contributed by atoms with Crippen LogP contribution < -0.4 is 10.6 Å². The molecule has 2 N–H and O–H groups in total. The van der Waals surface area contributed by atoms with E-state index in [0.717, 1.165) is 22.0 Å². The van der Waals surface area contributed by atoms with Crippen molar-refractivity contribution in [3.05, 3.63) is 59.7 Å². The van der Waals surface area contributed by atoms with Crippen LogP contribution in [0.2, 0.25) is 0 Å². The second kappa shape index (κ2) is 13.0. The van der Waals surface area contributed by atoms with Crippen molar-refractivity contribution >= 4 is 44.3 Å². The van der Waals surface area contributed by atoms with Gasteiger partial charge in [0.25, 0.3) is 11.8 Å². The van der Waals surface area contributed by atoms with Gasteiger partial charge in [-0.2, -0.15) is 0 Å². The highest BCUT2D eigenvalue weighted by molar-refractivity contribution is 7.89. The van der Waals surface area contributed by atoms with E-state index in [1.807, 2.05) is 30.3 Å². The van der Waals surface area contributed by atoms with Crippen LogP contribution in [0.5, 0.6) is 0 Å². The third kappa shape index (κ3) is 9.61. The maximum absolute atomic E-state index is 13.1. The first-order chi connectivity index (χ1) is 18.3. The molecule has 0 aliphatic carbocycles. The number of esters is 1. The van der Waals surface area contributed by atoms with Crippen LogP contribution in [-0.4, -0.2) is 66.3 Å². The molecule has 0 unspecified atom stereocenters. The van der Waals surface area contributed by atoms with E-state index in [0.29, 0.717) is 17.2 Å². The Morgan fingerprint density at radius 3 is 2.49 bits per heavy atom. The summed E-state index contributed by atoms with van der Waals surface area (Å²) in [6, 6.07) is 9.67. The van der Waals surface area contributed by atoms with Crippen molar-refractivity contribution in [2.24, 2.45) is 0 Å². The first-order valence-electron chi connectivity index (χ1n) is 12.1. The second-order valence-corrected chi connectivity index (χ2v) is 12.4. The summed E-state index contributed by atoms with van der Waals surface area (Å²) in [5, 5.41) is 7.43. The molecule has 11 nitrogen and oxygen atoms in total. The summed E-state index contributed by atoms with van der Waals surface area (Å²) in [6.45, 7) is 5.31. The molecule has 0 aliphatic rings. The minimum Gasteiger partial charge on any atom is -0.460 e. The summed E-state index contributed by atoms with van der Waals surface area (Å²) in [7, 11) is -3.57. The zero-order valence-electron chi connectivity index (χ0n) is 22.2. The van der Waals surface area contributed by atoms with E-state index in [9.17, 15) is 22.8 Å². The highest BCUT2D eigenvalue weighted by Crippen LogP contribution is 2.24. The number of ether oxygens (including phenoxy) is 2. The Labute approximate surface area is 231 Å². The molecule has 0 saturated heterocycles. The van der Waals surface area contributed by atoms with Crippen LogP contribution in [0, 0.1) is 0 Å². The lowest BCUT2D eigenvalue weighted by atomic mass is 10.2. The molecular formula is C26H32N4O7S2. The number of anilines is 1. The zero-order chi connectivity index (χ0) is 28.6. The van der Waals surface area contributed by atoms with Crippen molar-refractivity contribution < 1.29 is 32.3 Å². The average molecular weight is 577 g/mol. The smallest absolute Gasteiger partial charge is 0.306 e. The first kappa shape index (κ1) is 30.0. The van der Waals surface area contributed by atoms with Crippen molar-refractivity contribution in [1.29, 1.82) is 0 Å². The fraction of sp³-hybridized carbons (Fsp3) is 0.385. The first-order valence-corrected chi connectivity index (χ1v) is 14.9. The fourth-order valence-electron chi connectivity index (χ4n) is 3.32. The number of amides is 2. The third-order valence-corrected chi connectivity index (χ3v) is 6.86. The number of carbonyl (C=O) groups excluding carboxylic acids is 3. The summed E-state index contributed by atoms with van der Waals surface area (Å²) >= 11 is 1.23. The molecule has 1 aromatic carbocycles. The number of nitrogens with one attached hydrogen (secondary N) is 2. The van der Waals surface area contributed by atoms with Crippen LogP contribution in [0.25, 0.3) is 11.3 Å². The van der Waals surface area contributed by atoms with Gasteiger partial charge in [-0.3, -0.25) is 18.4 Å². The Morgan fingerprint density at radius 1 is 1.13 bits per heavy atom. The number of rotatable bonds is 12. The monoisotopic (exact) mass is 576 g/mol. The van der Waals surface area contributed by atoms with Gasteiger partial charge in [0, 0.05) is 36.4 Å². The van der Waals surface area contributed by atoms with Gasteiger partial charge in [0.15, 0.2) is 5.13 Å². The van der Waals surface area contributed by atoms with Gasteiger partial charge in [-0.25, -0.2) is 13.4 Å². The van der Waals surface area contributed by atoms with E-state index < -0.39 is 33.5 Å². The van der Waals surface area contributed by atoms with Crippen molar-refractivity contribution in [1.82, 2.24) is 14.3 Å². The van der Waals surface area contributed by atoms with Crippen molar-refractivity contribution in [3.8, 4) is 11.3 Å². The predicted molar refractivity (Wildman–Crippen MR) is 148 cm³/mol. The number of benzene rings is 1. The molecule has 0 spiro atoms. The molecule has 39 heavy (non-hydrogen) atoms. The lowest BCUT2D eigenvalue weighted by Crippen LogP contribution is -2.46. The Kier molecular flexibility index (Phi) is 10.0. The molecule has 0 bridgehead atoms. The molecule has 0 saturated carbocycles. The Hall–Kier alpha value is -3.55. The minimum absolute atomic E-state index is 0.0590. The summed E-state index contributed by atoms with van der Waals surface area (Å²) in [4.78, 5) is 42.3. The van der Waals surface area contributed by atoms with Gasteiger partial charge in [0.1, 0.15) is 11.6 Å². The van der Waals surface area contributed by atoms with E-state index in [1.165, 1.54) is 23.6 Å². The molecular weight excluding hydrogens is 544 g/mol. The lowest BCUT2D eigenvalue weighted by molar-refractivity contribution is -0.155. The second-order valence-electron chi connectivity index (χ2n) is 9.68. The molecule has 210 valence electrons. The minimum atomic E-state index is -3.57. The molecule has 2 heterocycles. The topological polar surface area (TPSA) is 146 Å².